The first kappa shape index (κ1) is 15.6. The Balaban J connectivity index is 2.60. The number of carbonyl (C=O) groups excluding carboxylic acids is 1. The largest absolute Gasteiger partial charge is 0.468 e. The Morgan fingerprint density at radius 1 is 1.48 bits per heavy atom. The van der Waals surface area contributed by atoms with Crippen LogP contribution in [0.4, 0.5) is 13.2 Å². The number of carbonyl (C=O) groups is 1. The lowest BCUT2D eigenvalue weighted by Crippen LogP contribution is -2.14. The van der Waals surface area contributed by atoms with Gasteiger partial charge in [-0.05, 0) is 25.1 Å². The molecule has 8 heteroatoms. The zero-order chi connectivity index (χ0) is 15.8. The number of rotatable bonds is 3. The molecule has 0 aliphatic carbocycles. The summed E-state index contributed by atoms with van der Waals surface area (Å²) in [4.78, 5) is 15.5. The number of hydrogen-bond acceptors (Lipinski definition) is 3. The zero-order valence-electron chi connectivity index (χ0n) is 11.2. The Morgan fingerprint density at radius 2 is 2.14 bits per heavy atom. The maximum Gasteiger partial charge on any atom is 0.416 e. The number of halogens is 4. The minimum atomic E-state index is -4.45. The van der Waals surface area contributed by atoms with Gasteiger partial charge in [-0.15, -0.1) is 11.6 Å². The summed E-state index contributed by atoms with van der Waals surface area (Å²) < 4.78 is 44.2. The molecule has 0 fully saturated rings. The van der Waals surface area contributed by atoms with Crippen molar-refractivity contribution in [1.82, 2.24) is 9.55 Å². The molecule has 114 valence electrons. The average Bonchev–Trinajstić information content (AvgIpc) is 2.76. The second kappa shape index (κ2) is 5.55. The number of alkyl halides is 4. The first-order valence-electron chi connectivity index (χ1n) is 6.02. The van der Waals surface area contributed by atoms with Crippen molar-refractivity contribution in [3.8, 4) is 0 Å². The molecule has 0 aliphatic heterocycles. The number of aromatic nitrogens is 2. The van der Waals surface area contributed by atoms with Crippen molar-refractivity contribution in [2.45, 2.75) is 25.0 Å². The van der Waals surface area contributed by atoms with E-state index in [1.807, 2.05) is 0 Å². The Kier molecular flexibility index (Phi) is 4.13. The molecule has 2 rings (SSSR count). The van der Waals surface area contributed by atoms with E-state index < -0.39 is 23.1 Å². The lowest BCUT2D eigenvalue weighted by atomic mass is 10.2. The highest BCUT2D eigenvalue weighted by Crippen LogP contribution is 2.32. The Hall–Kier alpha value is -1.76. The summed E-state index contributed by atoms with van der Waals surface area (Å²) in [5, 5.41) is -0.559. The normalized spacial score (nSPS) is 13.4. The fourth-order valence-corrected chi connectivity index (χ4v) is 2.15. The fourth-order valence-electron chi connectivity index (χ4n) is 1.99. The third-order valence-electron chi connectivity index (χ3n) is 2.98. The molecule has 1 unspecified atom stereocenters. The topological polar surface area (TPSA) is 44.1 Å². The van der Waals surface area contributed by atoms with Crippen LogP contribution in [0.1, 0.15) is 23.7 Å². The van der Waals surface area contributed by atoms with Crippen LogP contribution in [0, 0.1) is 0 Å². The number of hydrogen-bond donors (Lipinski definition) is 0. The summed E-state index contributed by atoms with van der Waals surface area (Å²) in [6.45, 7) is 1.46. The summed E-state index contributed by atoms with van der Waals surface area (Å²) in [5.74, 6) is -0.218. The smallest absolute Gasteiger partial charge is 0.416 e. The standard InChI is InChI=1S/C13H12ClF3N2O2/c1-7(14)12-18-9-5-8(13(15,16)17)3-4-10(9)19(12)6-11(20)21-2/h3-5,7H,6H2,1-2H3. The number of imidazole rings is 1. The molecule has 21 heavy (non-hydrogen) atoms. The van der Waals surface area contributed by atoms with Crippen molar-refractivity contribution in [2.75, 3.05) is 7.11 Å². The van der Waals surface area contributed by atoms with Crippen molar-refractivity contribution in [2.24, 2.45) is 0 Å². The van der Waals surface area contributed by atoms with Crippen molar-refractivity contribution in [3.63, 3.8) is 0 Å². The molecule has 0 saturated heterocycles. The fraction of sp³-hybridized carbons (Fsp3) is 0.385. The highest BCUT2D eigenvalue weighted by atomic mass is 35.5. The molecular formula is C13H12ClF3N2O2. The van der Waals surface area contributed by atoms with Crippen LogP contribution in [0.2, 0.25) is 0 Å². The van der Waals surface area contributed by atoms with E-state index in [1.165, 1.54) is 17.7 Å². The van der Waals surface area contributed by atoms with Crippen molar-refractivity contribution in [1.29, 1.82) is 0 Å². The van der Waals surface area contributed by atoms with E-state index in [0.717, 1.165) is 12.1 Å². The number of esters is 1. The SMILES string of the molecule is COC(=O)Cn1c(C(C)Cl)nc2cc(C(F)(F)F)ccc21. The van der Waals surface area contributed by atoms with Gasteiger partial charge >= 0.3 is 12.1 Å². The first-order valence-corrected chi connectivity index (χ1v) is 6.46. The van der Waals surface area contributed by atoms with Gasteiger partial charge in [0.15, 0.2) is 0 Å². The minimum absolute atomic E-state index is 0.135. The highest BCUT2D eigenvalue weighted by Gasteiger charge is 2.31. The van der Waals surface area contributed by atoms with Crippen LogP contribution >= 0.6 is 11.6 Å². The van der Waals surface area contributed by atoms with Crippen LogP contribution in [-0.4, -0.2) is 22.6 Å². The van der Waals surface area contributed by atoms with Gasteiger partial charge < -0.3 is 9.30 Å². The van der Waals surface area contributed by atoms with Gasteiger partial charge in [0.1, 0.15) is 12.4 Å². The summed E-state index contributed by atoms with van der Waals surface area (Å²) >= 11 is 5.98. The lowest BCUT2D eigenvalue weighted by Gasteiger charge is -2.09. The van der Waals surface area contributed by atoms with Gasteiger partial charge in [-0.1, -0.05) is 0 Å². The van der Waals surface area contributed by atoms with Gasteiger partial charge in [0.2, 0.25) is 0 Å². The molecule has 0 bridgehead atoms. The molecule has 0 N–H and O–H groups in total. The maximum absolute atomic E-state index is 12.7. The quantitative estimate of drug-likeness (QED) is 0.642. The van der Waals surface area contributed by atoms with Gasteiger partial charge in [0.05, 0.1) is 29.1 Å². The number of methoxy groups -OCH3 is 1. The van der Waals surface area contributed by atoms with Crippen molar-refractivity contribution < 1.29 is 22.7 Å². The monoisotopic (exact) mass is 320 g/mol. The summed E-state index contributed by atoms with van der Waals surface area (Å²) in [6, 6.07) is 3.16. The van der Waals surface area contributed by atoms with Gasteiger partial charge in [0, 0.05) is 0 Å². The van der Waals surface area contributed by atoms with Crippen molar-refractivity contribution >= 4 is 28.6 Å². The molecule has 2 aromatic rings. The molecule has 1 heterocycles. The Labute approximate surface area is 123 Å². The molecule has 1 aromatic carbocycles. The van der Waals surface area contributed by atoms with Crippen LogP contribution in [-0.2, 0) is 22.3 Å². The molecule has 0 amide bonds. The molecule has 0 saturated carbocycles. The van der Waals surface area contributed by atoms with Gasteiger partial charge in [-0.25, -0.2) is 4.98 Å². The average molecular weight is 321 g/mol. The van der Waals surface area contributed by atoms with Crippen LogP contribution in [0.25, 0.3) is 11.0 Å². The molecule has 0 aliphatic rings. The van der Waals surface area contributed by atoms with Crippen molar-refractivity contribution in [3.05, 3.63) is 29.6 Å². The van der Waals surface area contributed by atoms with E-state index in [4.69, 9.17) is 11.6 Å². The van der Waals surface area contributed by atoms with E-state index >= 15 is 0 Å². The number of ether oxygens (including phenoxy) is 1. The highest BCUT2D eigenvalue weighted by molar-refractivity contribution is 6.20. The van der Waals surface area contributed by atoms with Crippen LogP contribution < -0.4 is 0 Å². The summed E-state index contributed by atoms with van der Waals surface area (Å²) in [6.07, 6.45) is -4.45. The van der Waals surface area contributed by atoms with E-state index in [9.17, 15) is 18.0 Å². The predicted molar refractivity (Wildman–Crippen MR) is 71.0 cm³/mol. The third-order valence-corrected chi connectivity index (χ3v) is 3.17. The second-order valence-electron chi connectivity index (χ2n) is 4.45. The van der Waals surface area contributed by atoms with E-state index in [1.54, 1.807) is 6.92 Å². The molecule has 4 nitrogen and oxygen atoms in total. The maximum atomic E-state index is 12.7. The Morgan fingerprint density at radius 3 is 2.67 bits per heavy atom. The van der Waals surface area contributed by atoms with Gasteiger partial charge in [0.25, 0.3) is 0 Å². The first-order chi connectivity index (χ1) is 9.74. The number of fused-ring (bicyclic) bond motifs is 1. The molecule has 1 aromatic heterocycles. The summed E-state index contributed by atoms with van der Waals surface area (Å²) in [5.41, 5.74) is -0.265. The molecule has 1 atom stereocenters. The summed E-state index contributed by atoms with van der Waals surface area (Å²) in [7, 11) is 1.23. The lowest BCUT2D eigenvalue weighted by molar-refractivity contribution is -0.141. The van der Waals surface area contributed by atoms with Crippen LogP contribution in [0.15, 0.2) is 18.2 Å². The predicted octanol–water partition coefficient (Wildman–Crippen LogP) is 3.53. The molecule has 0 spiro atoms. The molecular weight excluding hydrogens is 309 g/mol. The van der Waals surface area contributed by atoms with Crippen LogP contribution in [0.5, 0.6) is 0 Å². The van der Waals surface area contributed by atoms with E-state index in [2.05, 4.69) is 9.72 Å². The third kappa shape index (κ3) is 3.12. The minimum Gasteiger partial charge on any atom is -0.468 e. The van der Waals surface area contributed by atoms with E-state index in [-0.39, 0.29) is 12.1 Å². The number of nitrogens with zero attached hydrogens (tertiary/aromatic N) is 2. The second-order valence-corrected chi connectivity index (χ2v) is 5.10. The van der Waals surface area contributed by atoms with Gasteiger partial charge in [-0.2, -0.15) is 13.2 Å². The zero-order valence-corrected chi connectivity index (χ0v) is 12.0. The van der Waals surface area contributed by atoms with E-state index in [0.29, 0.717) is 11.3 Å². The Bertz CT molecular complexity index is 680. The van der Waals surface area contributed by atoms with Gasteiger partial charge in [-0.3, -0.25) is 4.79 Å². The molecule has 0 radical (unpaired) electrons. The number of benzene rings is 1. The van der Waals surface area contributed by atoms with Crippen LogP contribution in [0.3, 0.4) is 0 Å².